The Hall–Kier alpha value is -0.660. The zero-order valence-corrected chi connectivity index (χ0v) is 11.1. The molecule has 2 atom stereocenters. The van der Waals surface area contributed by atoms with Crippen molar-refractivity contribution in [2.45, 2.75) is 26.8 Å². The predicted molar refractivity (Wildman–Crippen MR) is 62.1 cm³/mol. The molecule has 0 spiro atoms. The Bertz CT molecular complexity index is 392. The first-order valence-corrected chi connectivity index (χ1v) is 7.14. The minimum atomic E-state index is -3.46. The summed E-state index contributed by atoms with van der Waals surface area (Å²) in [6.45, 7) is 5.20. The molecule has 0 aromatic heterocycles. The van der Waals surface area contributed by atoms with Gasteiger partial charge in [0.05, 0.1) is 25.0 Å². The Balaban J connectivity index is 2.78. The van der Waals surface area contributed by atoms with Gasteiger partial charge in [0.1, 0.15) is 5.41 Å². The summed E-state index contributed by atoms with van der Waals surface area (Å²) in [6, 6.07) is -0.705. The summed E-state index contributed by atoms with van der Waals surface area (Å²) in [5.74, 6) is -1.07. The van der Waals surface area contributed by atoms with E-state index in [9.17, 15) is 13.2 Å². The largest absolute Gasteiger partial charge is 0.481 e. The summed E-state index contributed by atoms with van der Waals surface area (Å²) < 4.78 is 31.0. The molecule has 0 aromatic rings. The second kappa shape index (κ2) is 4.91. The van der Waals surface area contributed by atoms with E-state index in [1.54, 1.807) is 13.8 Å². The van der Waals surface area contributed by atoms with Gasteiger partial charge < -0.3 is 9.84 Å². The Kier molecular flexibility index (Phi) is 4.16. The average Bonchev–Trinajstić information content (AvgIpc) is 2.45. The zero-order chi connectivity index (χ0) is 13.3. The summed E-state index contributed by atoms with van der Waals surface area (Å²) in [6.07, 6.45) is 0. The third kappa shape index (κ3) is 3.40. The van der Waals surface area contributed by atoms with Crippen LogP contribution in [0.15, 0.2) is 0 Å². The number of carboxylic acids is 1. The van der Waals surface area contributed by atoms with E-state index in [0.717, 1.165) is 0 Å². The van der Waals surface area contributed by atoms with Crippen molar-refractivity contribution in [3.63, 3.8) is 0 Å². The second-order valence-electron chi connectivity index (χ2n) is 5.08. The van der Waals surface area contributed by atoms with Crippen molar-refractivity contribution < 1.29 is 23.1 Å². The number of carboxylic acid groups (broad SMARTS) is 1. The normalized spacial score (nSPS) is 29.8. The highest BCUT2D eigenvalue weighted by Crippen LogP contribution is 2.29. The zero-order valence-electron chi connectivity index (χ0n) is 10.3. The van der Waals surface area contributed by atoms with E-state index in [2.05, 4.69) is 4.72 Å². The molecule has 1 saturated heterocycles. The van der Waals surface area contributed by atoms with Crippen LogP contribution >= 0.6 is 0 Å². The van der Waals surface area contributed by atoms with Crippen molar-refractivity contribution >= 4 is 16.0 Å². The van der Waals surface area contributed by atoms with Crippen LogP contribution in [-0.4, -0.2) is 44.5 Å². The summed E-state index contributed by atoms with van der Waals surface area (Å²) in [5, 5.41) is 9.11. The predicted octanol–water partition coefficient (Wildman–Crippen LogP) is 0.0515. The van der Waals surface area contributed by atoms with Gasteiger partial charge in [-0.15, -0.1) is 0 Å². The Morgan fingerprint density at radius 3 is 2.65 bits per heavy atom. The first-order chi connectivity index (χ1) is 7.67. The number of sulfonamides is 1. The highest BCUT2D eigenvalue weighted by Gasteiger charge is 2.48. The SMILES string of the molecule is CC(C)CS(=O)(=O)NC1COCC1(C)C(=O)O. The number of rotatable bonds is 5. The molecule has 0 radical (unpaired) electrons. The van der Waals surface area contributed by atoms with Crippen molar-refractivity contribution in [1.82, 2.24) is 4.72 Å². The third-order valence-corrected chi connectivity index (χ3v) is 4.57. The minimum Gasteiger partial charge on any atom is -0.481 e. The van der Waals surface area contributed by atoms with Crippen molar-refractivity contribution in [2.24, 2.45) is 11.3 Å². The van der Waals surface area contributed by atoms with E-state index in [1.807, 2.05) is 0 Å². The lowest BCUT2D eigenvalue weighted by atomic mass is 9.86. The third-order valence-electron chi connectivity index (χ3n) is 2.82. The molecular weight excluding hydrogens is 246 g/mol. The van der Waals surface area contributed by atoms with Crippen LogP contribution in [0.2, 0.25) is 0 Å². The fourth-order valence-electron chi connectivity index (χ4n) is 1.75. The lowest BCUT2D eigenvalue weighted by Crippen LogP contribution is -2.50. The first-order valence-electron chi connectivity index (χ1n) is 5.48. The van der Waals surface area contributed by atoms with E-state index < -0.39 is 27.4 Å². The molecule has 1 fully saturated rings. The van der Waals surface area contributed by atoms with E-state index in [0.29, 0.717) is 0 Å². The lowest BCUT2D eigenvalue weighted by Gasteiger charge is -2.25. The van der Waals surface area contributed by atoms with Crippen molar-refractivity contribution in [3.05, 3.63) is 0 Å². The van der Waals surface area contributed by atoms with Crippen molar-refractivity contribution in [2.75, 3.05) is 19.0 Å². The summed E-state index contributed by atoms with van der Waals surface area (Å²) >= 11 is 0. The molecule has 6 nitrogen and oxygen atoms in total. The molecule has 0 aliphatic carbocycles. The molecule has 17 heavy (non-hydrogen) atoms. The Labute approximate surface area is 101 Å². The Morgan fingerprint density at radius 1 is 1.59 bits per heavy atom. The van der Waals surface area contributed by atoms with Gasteiger partial charge in [-0.25, -0.2) is 13.1 Å². The fraction of sp³-hybridized carbons (Fsp3) is 0.900. The number of ether oxygens (including phenoxy) is 1. The highest BCUT2D eigenvalue weighted by molar-refractivity contribution is 7.89. The van der Waals surface area contributed by atoms with E-state index >= 15 is 0 Å². The molecule has 0 amide bonds. The van der Waals surface area contributed by atoms with Gasteiger partial charge in [0.25, 0.3) is 0 Å². The molecule has 2 N–H and O–H groups in total. The van der Waals surface area contributed by atoms with Crippen LogP contribution in [0.25, 0.3) is 0 Å². The van der Waals surface area contributed by atoms with E-state index in [-0.39, 0.29) is 24.9 Å². The molecule has 7 heteroatoms. The second-order valence-corrected chi connectivity index (χ2v) is 6.88. The summed E-state index contributed by atoms with van der Waals surface area (Å²) in [7, 11) is -3.46. The van der Waals surface area contributed by atoms with Crippen LogP contribution in [0.1, 0.15) is 20.8 Å². The first kappa shape index (κ1) is 14.4. The lowest BCUT2D eigenvalue weighted by molar-refractivity contribution is -0.148. The fourth-order valence-corrected chi connectivity index (χ4v) is 3.49. The maximum Gasteiger partial charge on any atom is 0.313 e. The summed E-state index contributed by atoms with van der Waals surface area (Å²) in [5.41, 5.74) is -1.19. The number of hydrogen-bond acceptors (Lipinski definition) is 4. The van der Waals surface area contributed by atoms with Gasteiger partial charge >= 0.3 is 5.97 Å². The number of aliphatic carboxylic acids is 1. The van der Waals surface area contributed by atoms with Crippen LogP contribution in [0.5, 0.6) is 0 Å². The molecule has 1 heterocycles. The Morgan fingerprint density at radius 2 is 2.18 bits per heavy atom. The standard InChI is InChI=1S/C10H19NO5S/c1-7(2)5-17(14,15)11-8-4-16-6-10(8,3)9(12)13/h7-8,11H,4-6H2,1-3H3,(H,12,13). The van der Waals surface area contributed by atoms with Gasteiger partial charge in [-0.2, -0.15) is 0 Å². The smallest absolute Gasteiger partial charge is 0.313 e. The average molecular weight is 265 g/mol. The molecule has 100 valence electrons. The molecule has 0 bridgehead atoms. The van der Waals surface area contributed by atoms with Gasteiger partial charge in [-0.3, -0.25) is 4.79 Å². The highest BCUT2D eigenvalue weighted by atomic mass is 32.2. The van der Waals surface area contributed by atoms with Crippen molar-refractivity contribution in [1.29, 1.82) is 0 Å². The maximum atomic E-state index is 11.7. The van der Waals surface area contributed by atoms with Crippen LogP contribution in [0.4, 0.5) is 0 Å². The van der Waals surface area contributed by atoms with Crippen LogP contribution in [0.3, 0.4) is 0 Å². The summed E-state index contributed by atoms with van der Waals surface area (Å²) in [4.78, 5) is 11.1. The van der Waals surface area contributed by atoms with Gasteiger partial charge in [-0.1, -0.05) is 13.8 Å². The molecule has 0 aromatic carbocycles. The number of carbonyl (C=O) groups is 1. The molecule has 1 rings (SSSR count). The van der Waals surface area contributed by atoms with Gasteiger partial charge in [0, 0.05) is 0 Å². The van der Waals surface area contributed by atoms with Crippen LogP contribution in [-0.2, 0) is 19.6 Å². The number of hydrogen-bond donors (Lipinski definition) is 2. The monoisotopic (exact) mass is 265 g/mol. The van der Waals surface area contributed by atoms with Crippen molar-refractivity contribution in [3.8, 4) is 0 Å². The van der Waals surface area contributed by atoms with Crippen LogP contribution in [0, 0.1) is 11.3 Å². The van der Waals surface area contributed by atoms with E-state index in [4.69, 9.17) is 9.84 Å². The van der Waals surface area contributed by atoms with E-state index in [1.165, 1.54) is 6.92 Å². The quantitative estimate of drug-likeness (QED) is 0.733. The molecule has 1 aliphatic heterocycles. The maximum absolute atomic E-state index is 11.7. The van der Waals surface area contributed by atoms with Gasteiger partial charge in [-0.05, 0) is 12.8 Å². The van der Waals surface area contributed by atoms with Crippen LogP contribution < -0.4 is 4.72 Å². The van der Waals surface area contributed by atoms with Gasteiger partial charge in [0.15, 0.2) is 0 Å². The molecule has 2 unspecified atom stereocenters. The molecule has 1 aliphatic rings. The minimum absolute atomic E-state index is 0.00842. The molecule has 0 saturated carbocycles. The van der Waals surface area contributed by atoms with Gasteiger partial charge in [0.2, 0.25) is 10.0 Å². The number of nitrogens with one attached hydrogen (secondary N) is 1. The molecular formula is C10H19NO5S. The topological polar surface area (TPSA) is 92.7 Å².